The van der Waals surface area contributed by atoms with Gasteiger partial charge in [0.15, 0.2) is 0 Å². The summed E-state index contributed by atoms with van der Waals surface area (Å²) >= 11 is 0. The second kappa shape index (κ2) is 9.88. The molecule has 1 aliphatic heterocycles. The van der Waals surface area contributed by atoms with Gasteiger partial charge in [0.1, 0.15) is 0 Å². The van der Waals surface area contributed by atoms with Crippen molar-refractivity contribution in [3.63, 3.8) is 0 Å². The van der Waals surface area contributed by atoms with Crippen LogP contribution >= 0.6 is 0 Å². The molecule has 1 aliphatic rings. The molecule has 0 spiro atoms. The number of benzene rings is 2. The summed E-state index contributed by atoms with van der Waals surface area (Å²) in [7, 11) is 0. The van der Waals surface area contributed by atoms with Crippen LogP contribution in [-0.2, 0) is 6.54 Å². The first-order chi connectivity index (χ1) is 15.2. The first-order valence-electron chi connectivity index (χ1n) is 11.1. The highest BCUT2D eigenvalue weighted by Crippen LogP contribution is 2.23. The van der Waals surface area contributed by atoms with Crippen LogP contribution in [0.5, 0.6) is 0 Å². The number of hydrogen-bond donors (Lipinski definition) is 0. The third-order valence-electron chi connectivity index (χ3n) is 5.99. The van der Waals surface area contributed by atoms with E-state index in [1.807, 2.05) is 53.4 Å². The van der Waals surface area contributed by atoms with Crippen LogP contribution in [0.15, 0.2) is 59.1 Å². The quantitative estimate of drug-likeness (QED) is 0.563. The first kappa shape index (κ1) is 21.2. The molecule has 2 aromatic carbocycles. The zero-order valence-corrected chi connectivity index (χ0v) is 18.3. The van der Waals surface area contributed by atoms with E-state index in [0.717, 1.165) is 55.6 Å². The SMILES string of the molecule is CCCN(Cc1nc(-c2ccccc2C)no1)C1CCN(C(=O)c2ccccc2)CC1. The summed E-state index contributed by atoms with van der Waals surface area (Å²) in [6, 6.07) is 18.0. The maximum atomic E-state index is 12.7. The van der Waals surface area contributed by atoms with Gasteiger partial charge in [0.05, 0.1) is 6.54 Å². The van der Waals surface area contributed by atoms with Gasteiger partial charge >= 0.3 is 0 Å². The van der Waals surface area contributed by atoms with Crippen LogP contribution in [0.2, 0.25) is 0 Å². The molecule has 1 saturated heterocycles. The number of piperidine rings is 1. The Kier molecular flexibility index (Phi) is 6.77. The van der Waals surface area contributed by atoms with E-state index in [9.17, 15) is 4.79 Å². The van der Waals surface area contributed by atoms with Crippen LogP contribution < -0.4 is 0 Å². The smallest absolute Gasteiger partial charge is 0.253 e. The summed E-state index contributed by atoms with van der Waals surface area (Å²) in [6.45, 7) is 7.41. The van der Waals surface area contributed by atoms with Crippen molar-refractivity contribution in [2.24, 2.45) is 0 Å². The monoisotopic (exact) mass is 418 g/mol. The van der Waals surface area contributed by atoms with Crippen molar-refractivity contribution in [1.29, 1.82) is 0 Å². The second-order valence-corrected chi connectivity index (χ2v) is 8.19. The predicted molar refractivity (Wildman–Crippen MR) is 121 cm³/mol. The van der Waals surface area contributed by atoms with E-state index in [-0.39, 0.29) is 5.91 Å². The molecule has 0 N–H and O–H groups in total. The Morgan fingerprint density at radius 1 is 1.10 bits per heavy atom. The topological polar surface area (TPSA) is 62.5 Å². The number of carbonyl (C=O) groups is 1. The molecule has 0 radical (unpaired) electrons. The molecule has 1 aromatic heterocycles. The summed E-state index contributed by atoms with van der Waals surface area (Å²) in [4.78, 5) is 21.8. The number of carbonyl (C=O) groups excluding carboxylic acids is 1. The largest absolute Gasteiger partial charge is 0.339 e. The fraction of sp³-hybridized carbons (Fsp3) is 0.400. The Balaban J connectivity index is 1.39. The molecular weight excluding hydrogens is 388 g/mol. The fourth-order valence-electron chi connectivity index (χ4n) is 4.30. The summed E-state index contributed by atoms with van der Waals surface area (Å²) in [5.74, 6) is 1.42. The Morgan fingerprint density at radius 3 is 2.52 bits per heavy atom. The summed E-state index contributed by atoms with van der Waals surface area (Å²) in [5, 5.41) is 4.21. The number of aryl methyl sites for hydroxylation is 1. The number of nitrogens with zero attached hydrogens (tertiary/aromatic N) is 4. The van der Waals surface area contributed by atoms with Gasteiger partial charge in [-0.25, -0.2) is 0 Å². The lowest BCUT2D eigenvalue weighted by Gasteiger charge is -2.38. The van der Waals surface area contributed by atoms with Crippen molar-refractivity contribution in [3.8, 4) is 11.4 Å². The van der Waals surface area contributed by atoms with Gasteiger partial charge in [0, 0.05) is 30.3 Å². The van der Waals surface area contributed by atoms with Gasteiger partial charge in [-0.15, -0.1) is 0 Å². The molecule has 4 rings (SSSR count). The third kappa shape index (κ3) is 5.02. The molecule has 0 unspecified atom stereocenters. The van der Waals surface area contributed by atoms with E-state index < -0.39 is 0 Å². The van der Waals surface area contributed by atoms with Gasteiger partial charge in [0.25, 0.3) is 5.91 Å². The Bertz CT molecular complexity index is 994. The van der Waals surface area contributed by atoms with Crippen molar-refractivity contribution < 1.29 is 9.32 Å². The molecule has 31 heavy (non-hydrogen) atoms. The molecule has 1 fully saturated rings. The summed E-state index contributed by atoms with van der Waals surface area (Å²) in [6.07, 6.45) is 2.97. The van der Waals surface area contributed by atoms with Crippen molar-refractivity contribution in [1.82, 2.24) is 19.9 Å². The van der Waals surface area contributed by atoms with Gasteiger partial charge in [-0.05, 0) is 50.4 Å². The van der Waals surface area contributed by atoms with Crippen molar-refractivity contribution >= 4 is 5.91 Å². The van der Waals surface area contributed by atoms with Crippen LogP contribution in [0.25, 0.3) is 11.4 Å². The van der Waals surface area contributed by atoms with Gasteiger partial charge in [0.2, 0.25) is 11.7 Å². The van der Waals surface area contributed by atoms with Crippen molar-refractivity contribution in [2.45, 2.75) is 45.7 Å². The van der Waals surface area contributed by atoms with Crippen LogP contribution in [0.4, 0.5) is 0 Å². The highest BCUT2D eigenvalue weighted by molar-refractivity contribution is 5.94. The van der Waals surface area contributed by atoms with Gasteiger partial charge < -0.3 is 9.42 Å². The van der Waals surface area contributed by atoms with Gasteiger partial charge in [-0.3, -0.25) is 9.69 Å². The minimum absolute atomic E-state index is 0.126. The Hall–Kier alpha value is -2.99. The summed E-state index contributed by atoms with van der Waals surface area (Å²) < 4.78 is 5.59. The average Bonchev–Trinajstić information content (AvgIpc) is 3.27. The van der Waals surface area contributed by atoms with E-state index in [2.05, 4.69) is 35.0 Å². The second-order valence-electron chi connectivity index (χ2n) is 8.19. The maximum absolute atomic E-state index is 12.7. The standard InChI is InChI=1S/C25H30N4O2/c1-3-15-29(18-23-26-24(27-31-23)22-12-8-7-9-19(22)2)21-13-16-28(17-14-21)25(30)20-10-5-4-6-11-20/h4-12,21H,3,13-18H2,1-2H3. The van der Waals surface area contributed by atoms with Gasteiger partial charge in [-0.2, -0.15) is 4.98 Å². The molecule has 0 atom stereocenters. The lowest BCUT2D eigenvalue weighted by molar-refractivity contribution is 0.0590. The molecule has 6 nitrogen and oxygen atoms in total. The molecule has 3 aromatic rings. The van der Waals surface area contributed by atoms with E-state index in [0.29, 0.717) is 24.3 Å². The molecule has 6 heteroatoms. The first-order valence-corrected chi connectivity index (χ1v) is 11.1. The van der Waals surface area contributed by atoms with Gasteiger partial charge in [-0.1, -0.05) is 54.5 Å². The van der Waals surface area contributed by atoms with E-state index >= 15 is 0 Å². The Labute approximate surface area is 183 Å². The lowest BCUT2D eigenvalue weighted by Crippen LogP contribution is -2.46. The molecule has 162 valence electrons. The van der Waals surface area contributed by atoms with E-state index in [4.69, 9.17) is 4.52 Å². The van der Waals surface area contributed by atoms with E-state index in [1.165, 1.54) is 0 Å². The normalized spacial score (nSPS) is 14.9. The number of likely N-dealkylation sites (tertiary alicyclic amines) is 1. The third-order valence-corrected chi connectivity index (χ3v) is 5.99. The molecule has 1 amide bonds. The molecule has 2 heterocycles. The number of aromatic nitrogens is 2. The lowest BCUT2D eigenvalue weighted by atomic mass is 10.0. The highest BCUT2D eigenvalue weighted by Gasteiger charge is 2.28. The fourth-order valence-corrected chi connectivity index (χ4v) is 4.30. The van der Waals surface area contributed by atoms with Crippen LogP contribution in [0.1, 0.15) is 48.0 Å². The Morgan fingerprint density at radius 2 is 1.81 bits per heavy atom. The molecular formula is C25H30N4O2. The number of hydrogen-bond acceptors (Lipinski definition) is 5. The minimum atomic E-state index is 0.126. The average molecular weight is 419 g/mol. The predicted octanol–water partition coefficient (Wildman–Crippen LogP) is 4.56. The van der Waals surface area contributed by atoms with Crippen LogP contribution in [0, 0.1) is 6.92 Å². The maximum Gasteiger partial charge on any atom is 0.253 e. The van der Waals surface area contributed by atoms with E-state index in [1.54, 1.807) is 0 Å². The zero-order chi connectivity index (χ0) is 21.6. The molecule has 0 aliphatic carbocycles. The van der Waals surface area contributed by atoms with Crippen LogP contribution in [-0.4, -0.2) is 51.5 Å². The minimum Gasteiger partial charge on any atom is -0.339 e. The number of rotatable bonds is 7. The zero-order valence-electron chi connectivity index (χ0n) is 18.3. The molecule has 0 bridgehead atoms. The van der Waals surface area contributed by atoms with Crippen LogP contribution in [0.3, 0.4) is 0 Å². The summed E-state index contributed by atoms with van der Waals surface area (Å²) in [5.41, 5.74) is 2.91. The highest BCUT2D eigenvalue weighted by atomic mass is 16.5. The molecule has 0 saturated carbocycles. The van der Waals surface area contributed by atoms with Crippen molar-refractivity contribution in [3.05, 3.63) is 71.6 Å². The number of amides is 1. The van der Waals surface area contributed by atoms with Crippen molar-refractivity contribution in [2.75, 3.05) is 19.6 Å².